The smallest absolute Gasteiger partial charge is 0.270 e. The first-order chi connectivity index (χ1) is 11.4. The van der Waals surface area contributed by atoms with E-state index in [4.69, 9.17) is 0 Å². The highest BCUT2D eigenvalue weighted by atomic mass is 16.2. The number of hydrogen-bond donors (Lipinski definition) is 1. The van der Waals surface area contributed by atoms with Crippen LogP contribution in [0.3, 0.4) is 0 Å². The first-order valence-corrected chi connectivity index (χ1v) is 8.64. The van der Waals surface area contributed by atoms with Crippen molar-refractivity contribution in [3.63, 3.8) is 0 Å². The van der Waals surface area contributed by atoms with Crippen LogP contribution in [0.1, 0.15) is 65.7 Å². The summed E-state index contributed by atoms with van der Waals surface area (Å²) in [7, 11) is 0. The van der Waals surface area contributed by atoms with Gasteiger partial charge in [0.25, 0.3) is 5.91 Å². The predicted molar refractivity (Wildman–Crippen MR) is 92.3 cm³/mol. The number of aromatic nitrogens is 1. The number of H-pyrrole nitrogens is 1. The number of ketones is 1. The summed E-state index contributed by atoms with van der Waals surface area (Å²) in [6.07, 6.45) is 2.34. The van der Waals surface area contributed by atoms with Crippen LogP contribution in [0.4, 0.5) is 0 Å². The van der Waals surface area contributed by atoms with E-state index in [-0.39, 0.29) is 17.6 Å². The molecule has 2 rings (SSSR count). The van der Waals surface area contributed by atoms with Gasteiger partial charge in [-0.2, -0.15) is 0 Å². The van der Waals surface area contributed by atoms with Crippen LogP contribution in [0, 0.1) is 6.92 Å². The highest BCUT2D eigenvalue weighted by Gasteiger charge is 2.27. The van der Waals surface area contributed by atoms with Gasteiger partial charge >= 0.3 is 0 Å². The summed E-state index contributed by atoms with van der Waals surface area (Å²) in [6, 6.07) is 0. The molecule has 6 nitrogen and oxygen atoms in total. The number of hydrogen-bond acceptors (Lipinski definition) is 3. The number of carbonyl (C=O) groups excluding carboxylic acids is 3. The molecule has 24 heavy (non-hydrogen) atoms. The minimum Gasteiger partial charge on any atom is -0.354 e. The van der Waals surface area contributed by atoms with Gasteiger partial charge in [-0.15, -0.1) is 0 Å². The van der Waals surface area contributed by atoms with E-state index in [1.807, 2.05) is 13.8 Å². The number of nitrogens with one attached hydrogen (secondary N) is 1. The Morgan fingerprint density at radius 2 is 1.67 bits per heavy atom. The van der Waals surface area contributed by atoms with Crippen LogP contribution < -0.4 is 0 Å². The van der Waals surface area contributed by atoms with Gasteiger partial charge in [0.05, 0.1) is 0 Å². The molecule has 1 aromatic heterocycles. The molecular weight excluding hydrogens is 306 g/mol. The molecule has 1 aromatic rings. The number of aryl methyl sites for hydroxylation is 1. The zero-order valence-electron chi connectivity index (χ0n) is 15.1. The SMILES string of the molecule is CCCc1c(C(=O)N2CCCN(C(C)=O)CC2)[nH]c(C)c1C(C)=O. The second-order valence-electron chi connectivity index (χ2n) is 6.44. The summed E-state index contributed by atoms with van der Waals surface area (Å²) in [5.74, 6) is -0.0325. The van der Waals surface area contributed by atoms with Crippen LogP contribution in [-0.4, -0.2) is 58.6 Å². The van der Waals surface area contributed by atoms with Crippen LogP contribution >= 0.6 is 0 Å². The molecular formula is C18H27N3O3. The summed E-state index contributed by atoms with van der Waals surface area (Å²) in [5.41, 5.74) is 2.78. The Hall–Kier alpha value is -2.11. The van der Waals surface area contributed by atoms with Crippen molar-refractivity contribution in [3.05, 3.63) is 22.5 Å². The molecule has 1 aliphatic heterocycles. The van der Waals surface area contributed by atoms with Crippen molar-refractivity contribution in [3.8, 4) is 0 Å². The molecule has 0 unspecified atom stereocenters. The van der Waals surface area contributed by atoms with E-state index in [1.54, 1.807) is 23.6 Å². The monoisotopic (exact) mass is 333 g/mol. The molecule has 1 N–H and O–H groups in total. The topological polar surface area (TPSA) is 73.5 Å². The minimum absolute atomic E-state index is 0.00938. The Kier molecular flexibility index (Phi) is 5.80. The number of nitrogens with zero attached hydrogens (tertiary/aromatic N) is 2. The highest BCUT2D eigenvalue weighted by molar-refractivity contribution is 6.02. The average Bonchev–Trinajstić information content (AvgIpc) is 2.71. The van der Waals surface area contributed by atoms with Crippen molar-refractivity contribution in [2.45, 2.75) is 47.0 Å². The Morgan fingerprint density at radius 1 is 1.04 bits per heavy atom. The second-order valence-corrected chi connectivity index (χ2v) is 6.44. The lowest BCUT2D eigenvalue weighted by Crippen LogP contribution is -2.37. The molecule has 0 saturated carbocycles. The van der Waals surface area contributed by atoms with E-state index in [9.17, 15) is 14.4 Å². The zero-order valence-corrected chi connectivity index (χ0v) is 15.1. The number of amides is 2. The van der Waals surface area contributed by atoms with Gasteiger partial charge in [-0.05, 0) is 32.3 Å². The van der Waals surface area contributed by atoms with Crippen LogP contribution in [0.25, 0.3) is 0 Å². The fourth-order valence-corrected chi connectivity index (χ4v) is 3.43. The third-order valence-electron chi connectivity index (χ3n) is 4.59. The third kappa shape index (κ3) is 3.68. The molecule has 1 aliphatic rings. The Morgan fingerprint density at radius 3 is 2.25 bits per heavy atom. The third-order valence-corrected chi connectivity index (χ3v) is 4.59. The summed E-state index contributed by atoms with van der Waals surface area (Å²) >= 11 is 0. The van der Waals surface area contributed by atoms with Crippen molar-refractivity contribution >= 4 is 17.6 Å². The zero-order chi connectivity index (χ0) is 17.9. The highest BCUT2D eigenvalue weighted by Crippen LogP contribution is 2.23. The fourth-order valence-electron chi connectivity index (χ4n) is 3.43. The predicted octanol–water partition coefficient (Wildman–Crippen LogP) is 2.17. The van der Waals surface area contributed by atoms with E-state index in [2.05, 4.69) is 4.98 Å². The lowest BCUT2D eigenvalue weighted by atomic mass is 10.0. The van der Waals surface area contributed by atoms with E-state index in [1.165, 1.54) is 0 Å². The van der Waals surface area contributed by atoms with E-state index < -0.39 is 0 Å². The van der Waals surface area contributed by atoms with Gasteiger partial charge in [-0.1, -0.05) is 13.3 Å². The summed E-state index contributed by atoms with van der Waals surface area (Å²) < 4.78 is 0. The Labute approximate surface area is 143 Å². The van der Waals surface area contributed by atoms with Crippen molar-refractivity contribution in [1.29, 1.82) is 0 Å². The average molecular weight is 333 g/mol. The molecule has 0 spiro atoms. The summed E-state index contributed by atoms with van der Waals surface area (Å²) in [6.45, 7) is 9.38. The number of aromatic amines is 1. The van der Waals surface area contributed by atoms with Gasteiger partial charge in [0, 0.05) is 44.4 Å². The van der Waals surface area contributed by atoms with Gasteiger partial charge in [0.1, 0.15) is 5.69 Å². The Balaban J connectivity index is 2.27. The summed E-state index contributed by atoms with van der Waals surface area (Å²) in [5, 5.41) is 0. The van der Waals surface area contributed by atoms with Crippen LogP contribution in [0.15, 0.2) is 0 Å². The first-order valence-electron chi connectivity index (χ1n) is 8.64. The molecule has 2 amide bonds. The van der Waals surface area contributed by atoms with Gasteiger partial charge in [0.15, 0.2) is 5.78 Å². The lowest BCUT2D eigenvalue weighted by Gasteiger charge is -2.21. The molecule has 132 valence electrons. The normalized spacial score (nSPS) is 15.3. The minimum atomic E-state index is -0.0700. The standard InChI is InChI=1S/C18H27N3O3/c1-5-7-15-16(13(3)22)12(2)19-17(15)18(24)21-9-6-8-20(10-11-21)14(4)23/h19H,5-11H2,1-4H3. The van der Waals surface area contributed by atoms with E-state index in [0.717, 1.165) is 24.1 Å². The molecule has 0 aromatic carbocycles. The van der Waals surface area contributed by atoms with Crippen LogP contribution in [0.5, 0.6) is 0 Å². The maximum Gasteiger partial charge on any atom is 0.270 e. The van der Waals surface area contributed by atoms with Crippen molar-refractivity contribution in [2.24, 2.45) is 0 Å². The maximum atomic E-state index is 13.0. The van der Waals surface area contributed by atoms with Crippen LogP contribution in [0.2, 0.25) is 0 Å². The molecule has 0 radical (unpaired) electrons. The molecule has 1 saturated heterocycles. The number of carbonyl (C=O) groups is 3. The molecule has 6 heteroatoms. The van der Waals surface area contributed by atoms with Crippen molar-refractivity contribution in [1.82, 2.24) is 14.8 Å². The van der Waals surface area contributed by atoms with Crippen molar-refractivity contribution in [2.75, 3.05) is 26.2 Å². The fraction of sp³-hybridized carbons (Fsp3) is 0.611. The summed E-state index contributed by atoms with van der Waals surface area (Å²) in [4.78, 5) is 43.2. The van der Waals surface area contributed by atoms with E-state index in [0.29, 0.717) is 43.9 Å². The second kappa shape index (κ2) is 7.64. The van der Waals surface area contributed by atoms with Gasteiger partial charge in [-0.25, -0.2) is 0 Å². The van der Waals surface area contributed by atoms with Gasteiger partial charge in [0.2, 0.25) is 5.91 Å². The molecule has 0 aliphatic carbocycles. The van der Waals surface area contributed by atoms with Crippen LogP contribution in [-0.2, 0) is 11.2 Å². The lowest BCUT2D eigenvalue weighted by molar-refractivity contribution is -0.128. The Bertz CT molecular complexity index is 648. The van der Waals surface area contributed by atoms with Crippen molar-refractivity contribution < 1.29 is 14.4 Å². The van der Waals surface area contributed by atoms with Gasteiger partial charge < -0.3 is 14.8 Å². The molecule has 0 bridgehead atoms. The molecule has 0 atom stereocenters. The molecule has 2 heterocycles. The van der Waals surface area contributed by atoms with E-state index >= 15 is 0 Å². The quantitative estimate of drug-likeness (QED) is 0.858. The molecule has 1 fully saturated rings. The maximum absolute atomic E-state index is 13.0. The first kappa shape index (κ1) is 18.2. The van der Waals surface area contributed by atoms with Gasteiger partial charge in [-0.3, -0.25) is 14.4 Å². The number of rotatable bonds is 4. The number of Topliss-reactive ketones (excluding diaryl/α,β-unsaturated/α-hetero) is 1. The largest absolute Gasteiger partial charge is 0.354 e.